The van der Waals surface area contributed by atoms with E-state index in [-0.39, 0.29) is 11.2 Å². The molecule has 0 spiro atoms. The Kier molecular flexibility index (Phi) is 3.05. The number of fused-ring (bicyclic) bond motifs is 1. The number of thioether (sulfide) groups is 1. The largest absolute Gasteiger partial charge is 0.481 e. The highest BCUT2D eigenvalue weighted by molar-refractivity contribution is 7.99. The molecule has 1 saturated carbocycles. The van der Waals surface area contributed by atoms with E-state index in [1.165, 1.54) is 17.3 Å². The summed E-state index contributed by atoms with van der Waals surface area (Å²) in [5.74, 6) is -0.755. The predicted molar refractivity (Wildman–Crippen MR) is 80.3 cm³/mol. The third kappa shape index (κ3) is 2.30. The van der Waals surface area contributed by atoms with Crippen LogP contribution in [-0.2, 0) is 4.79 Å². The molecular formula is C15H18N2O2S. The van der Waals surface area contributed by atoms with Crippen LogP contribution in [0.1, 0.15) is 31.9 Å². The van der Waals surface area contributed by atoms with Crippen molar-refractivity contribution < 1.29 is 9.90 Å². The first-order valence-corrected chi connectivity index (χ1v) is 7.70. The van der Waals surface area contributed by atoms with Gasteiger partial charge in [-0.25, -0.2) is 4.98 Å². The molecule has 0 bridgehead atoms. The molecule has 1 aliphatic carbocycles. The SMILES string of the molecule is Cc1ccc2c(c1)nc(SCC(=O)O)n2C1CC1(C)C. The van der Waals surface area contributed by atoms with Crippen molar-refractivity contribution >= 4 is 28.8 Å². The number of rotatable bonds is 4. The minimum absolute atomic E-state index is 0.0510. The van der Waals surface area contributed by atoms with Crippen molar-refractivity contribution in [1.29, 1.82) is 0 Å². The van der Waals surface area contributed by atoms with Gasteiger partial charge in [0, 0.05) is 6.04 Å². The molecule has 4 nitrogen and oxygen atoms in total. The second-order valence-corrected chi connectivity index (χ2v) is 7.09. The van der Waals surface area contributed by atoms with Crippen molar-refractivity contribution in [3.05, 3.63) is 23.8 Å². The Morgan fingerprint density at radius 1 is 1.55 bits per heavy atom. The van der Waals surface area contributed by atoms with Crippen molar-refractivity contribution in [2.45, 2.75) is 38.4 Å². The van der Waals surface area contributed by atoms with Gasteiger partial charge < -0.3 is 9.67 Å². The van der Waals surface area contributed by atoms with Gasteiger partial charge in [-0.1, -0.05) is 31.7 Å². The van der Waals surface area contributed by atoms with Crippen molar-refractivity contribution in [2.24, 2.45) is 5.41 Å². The van der Waals surface area contributed by atoms with Crippen LogP contribution in [0, 0.1) is 12.3 Å². The summed E-state index contributed by atoms with van der Waals surface area (Å²) in [7, 11) is 0. The number of benzene rings is 1. The quantitative estimate of drug-likeness (QED) is 0.876. The van der Waals surface area contributed by atoms with Crippen LogP contribution in [-0.4, -0.2) is 26.4 Å². The molecule has 5 heteroatoms. The Morgan fingerprint density at radius 3 is 2.85 bits per heavy atom. The first-order chi connectivity index (χ1) is 9.38. The zero-order chi connectivity index (χ0) is 14.5. The average Bonchev–Trinajstić information content (AvgIpc) is 2.82. The monoisotopic (exact) mass is 290 g/mol. The lowest BCUT2D eigenvalue weighted by atomic mass is 10.2. The number of hydrogen-bond acceptors (Lipinski definition) is 3. The van der Waals surface area contributed by atoms with Gasteiger partial charge in [-0.05, 0) is 36.5 Å². The van der Waals surface area contributed by atoms with Crippen LogP contribution in [0.3, 0.4) is 0 Å². The number of aliphatic carboxylic acids is 1. The Bertz CT molecular complexity index is 690. The van der Waals surface area contributed by atoms with Crippen LogP contribution >= 0.6 is 11.8 Å². The number of hydrogen-bond donors (Lipinski definition) is 1. The molecule has 1 unspecified atom stereocenters. The van der Waals surface area contributed by atoms with Crippen LogP contribution in [0.25, 0.3) is 11.0 Å². The molecule has 1 atom stereocenters. The molecule has 0 aliphatic heterocycles. The Hall–Kier alpha value is -1.49. The van der Waals surface area contributed by atoms with E-state index in [0.29, 0.717) is 6.04 Å². The fourth-order valence-corrected chi connectivity index (χ4v) is 3.38. The highest BCUT2D eigenvalue weighted by atomic mass is 32.2. The molecule has 0 saturated heterocycles. The number of carboxylic acid groups (broad SMARTS) is 1. The van der Waals surface area contributed by atoms with Crippen molar-refractivity contribution in [2.75, 3.05) is 5.75 Å². The second kappa shape index (κ2) is 4.52. The van der Waals surface area contributed by atoms with E-state index < -0.39 is 5.97 Å². The molecule has 1 heterocycles. The van der Waals surface area contributed by atoms with E-state index in [4.69, 9.17) is 5.11 Å². The van der Waals surface area contributed by atoms with Crippen LogP contribution < -0.4 is 0 Å². The molecule has 0 radical (unpaired) electrons. The van der Waals surface area contributed by atoms with E-state index in [1.807, 2.05) is 6.92 Å². The zero-order valence-corrected chi connectivity index (χ0v) is 12.7. The summed E-state index contributed by atoms with van der Waals surface area (Å²) in [4.78, 5) is 15.4. The molecule has 106 valence electrons. The summed E-state index contributed by atoms with van der Waals surface area (Å²) in [5.41, 5.74) is 3.52. The molecular weight excluding hydrogens is 272 g/mol. The Morgan fingerprint density at radius 2 is 2.25 bits per heavy atom. The standard InChI is InChI=1S/C15H18N2O2S/c1-9-4-5-11-10(6-9)16-14(20-8-13(18)19)17(11)12-7-15(12,2)3/h4-6,12H,7-8H2,1-3H3,(H,18,19). The maximum Gasteiger partial charge on any atom is 0.313 e. The Labute approximate surface area is 122 Å². The van der Waals surface area contributed by atoms with Gasteiger partial charge in [0.25, 0.3) is 0 Å². The van der Waals surface area contributed by atoms with Gasteiger partial charge in [-0.3, -0.25) is 4.79 Å². The molecule has 1 fully saturated rings. The van der Waals surface area contributed by atoms with E-state index in [9.17, 15) is 4.79 Å². The maximum atomic E-state index is 10.8. The molecule has 0 amide bonds. The topological polar surface area (TPSA) is 55.1 Å². The van der Waals surface area contributed by atoms with E-state index in [2.05, 4.69) is 41.6 Å². The van der Waals surface area contributed by atoms with Crippen LogP contribution in [0.5, 0.6) is 0 Å². The number of aromatic nitrogens is 2. The van der Waals surface area contributed by atoms with Crippen LogP contribution in [0.2, 0.25) is 0 Å². The van der Waals surface area contributed by atoms with Gasteiger partial charge in [0.05, 0.1) is 16.8 Å². The van der Waals surface area contributed by atoms with E-state index in [0.717, 1.165) is 22.6 Å². The van der Waals surface area contributed by atoms with Gasteiger partial charge in [-0.2, -0.15) is 0 Å². The molecule has 1 N–H and O–H groups in total. The van der Waals surface area contributed by atoms with Crippen molar-refractivity contribution in [3.8, 4) is 0 Å². The van der Waals surface area contributed by atoms with Gasteiger partial charge in [0.1, 0.15) is 0 Å². The number of imidazole rings is 1. The summed E-state index contributed by atoms with van der Waals surface area (Å²) in [6, 6.07) is 6.66. The lowest BCUT2D eigenvalue weighted by molar-refractivity contribution is -0.133. The average molecular weight is 290 g/mol. The maximum absolute atomic E-state index is 10.8. The number of nitrogens with zero attached hydrogens (tertiary/aromatic N) is 2. The van der Waals surface area contributed by atoms with Gasteiger partial charge >= 0.3 is 5.97 Å². The molecule has 20 heavy (non-hydrogen) atoms. The summed E-state index contributed by atoms with van der Waals surface area (Å²) in [6.45, 7) is 6.52. The summed E-state index contributed by atoms with van der Waals surface area (Å²) < 4.78 is 2.22. The van der Waals surface area contributed by atoms with E-state index in [1.54, 1.807) is 0 Å². The molecule has 1 aromatic heterocycles. The summed E-state index contributed by atoms with van der Waals surface area (Å²) in [5, 5.41) is 9.71. The smallest absolute Gasteiger partial charge is 0.313 e. The van der Waals surface area contributed by atoms with E-state index >= 15 is 0 Å². The third-order valence-electron chi connectivity index (χ3n) is 3.91. The fraction of sp³-hybridized carbons (Fsp3) is 0.467. The van der Waals surface area contributed by atoms with Crippen molar-refractivity contribution in [3.63, 3.8) is 0 Å². The summed E-state index contributed by atoms with van der Waals surface area (Å²) >= 11 is 1.31. The van der Waals surface area contributed by atoms with Crippen LogP contribution in [0.4, 0.5) is 0 Å². The normalized spacial score (nSPS) is 20.2. The highest BCUT2D eigenvalue weighted by Crippen LogP contribution is 2.57. The predicted octanol–water partition coefficient (Wildman–Crippen LogP) is 3.49. The highest BCUT2D eigenvalue weighted by Gasteiger charge is 2.48. The Balaban J connectivity index is 2.07. The van der Waals surface area contributed by atoms with Gasteiger partial charge in [-0.15, -0.1) is 0 Å². The van der Waals surface area contributed by atoms with Crippen LogP contribution in [0.15, 0.2) is 23.4 Å². The number of aryl methyl sites for hydroxylation is 1. The zero-order valence-electron chi connectivity index (χ0n) is 11.9. The molecule has 2 aromatic rings. The minimum Gasteiger partial charge on any atom is -0.481 e. The van der Waals surface area contributed by atoms with Gasteiger partial charge in [0.15, 0.2) is 5.16 Å². The second-order valence-electron chi connectivity index (χ2n) is 6.15. The first-order valence-electron chi connectivity index (χ1n) is 6.72. The minimum atomic E-state index is -0.806. The lowest BCUT2D eigenvalue weighted by Gasteiger charge is -2.10. The first kappa shape index (κ1) is 13.5. The lowest BCUT2D eigenvalue weighted by Crippen LogP contribution is -2.04. The summed E-state index contributed by atoms with van der Waals surface area (Å²) in [6.07, 6.45) is 1.12. The number of carboxylic acids is 1. The fourth-order valence-electron chi connectivity index (χ4n) is 2.60. The van der Waals surface area contributed by atoms with Crippen molar-refractivity contribution in [1.82, 2.24) is 9.55 Å². The third-order valence-corrected chi connectivity index (χ3v) is 4.85. The molecule has 1 aromatic carbocycles. The van der Waals surface area contributed by atoms with Gasteiger partial charge in [0.2, 0.25) is 0 Å². The number of carbonyl (C=O) groups is 1. The molecule has 3 rings (SSSR count). The molecule has 1 aliphatic rings.